The summed E-state index contributed by atoms with van der Waals surface area (Å²) in [5.41, 5.74) is 0.960. The van der Waals surface area contributed by atoms with Crippen molar-refractivity contribution >= 4 is 11.9 Å². The molecule has 3 heterocycles. The predicted molar refractivity (Wildman–Crippen MR) is 99.6 cm³/mol. The normalized spacial score (nSPS) is 29.6. The molecule has 27 heavy (non-hydrogen) atoms. The molecule has 3 saturated heterocycles. The second-order valence-corrected chi connectivity index (χ2v) is 8.02. The summed E-state index contributed by atoms with van der Waals surface area (Å²) in [5.74, 6) is 0.258. The molecular weight excluding hydrogens is 344 g/mol. The van der Waals surface area contributed by atoms with Crippen LogP contribution in [0.15, 0.2) is 30.3 Å². The summed E-state index contributed by atoms with van der Waals surface area (Å²) < 4.78 is 11.0. The van der Waals surface area contributed by atoms with Crippen molar-refractivity contribution in [2.45, 2.75) is 44.9 Å². The largest absolute Gasteiger partial charge is 0.459 e. The Bertz CT molecular complexity index is 676. The van der Waals surface area contributed by atoms with Crippen molar-refractivity contribution in [2.24, 2.45) is 11.8 Å². The van der Waals surface area contributed by atoms with Crippen LogP contribution in [0.4, 0.5) is 0 Å². The van der Waals surface area contributed by atoms with Crippen LogP contribution in [-0.2, 0) is 25.7 Å². The van der Waals surface area contributed by atoms with Gasteiger partial charge >= 0.3 is 5.97 Å². The van der Waals surface area contributed by atoms with Gasteiger partial charge in [0.2, 0.25) is 5.91 Å². The van der Waals surface area contributed by atoms with Crippen molar-refractivity contribution in [3.63, 3.8) is 0 Å². The number of hydrogen-bond acceptors (Lipinski definition) is 5. The molecule has 4 rings (SSSR count). The van der Waals surface area contributed by atoms with Crippen molar-refractivity contribution in [3.05, 3.63) is 35.9 Å². The standard InChI is InChI=1S/C21H28N2O4/c1-15-17-8-5-9-19(24)23(14-22(10-17)18-12-26-13-18)20(15)21(25)27-11-16-6-3-2-4-7-16/h2-4,6-7,15,17-18,20H,5,8-14H2,1H3/t15?,17?,20-/m0/s1. The van der Waals surface area contributed by atoms with Crippen LogP contribution in [0.25, 0.3) is 0 Å². The summed E-state index contributed by atoms with van der Waals surface area (Å²) in [4.78, 5) is 30.0. The Labute approximate surface area is 160 Å². The maximum absolute atomic E-state index is 13.0. The average Bonchev–Trinajstić information content (AvgIpc) is 2.70. The van der Waals surface area contributed by atoms with Crippen molar-refractivity contribution in [1.82, 2.24) is 9.80 Å². The third kappa shape index (κ3) is 3.87. The van der Waals surface area contributed by atoms with Gasteiger partial charge in [0.15, 0.2) is 0 Å². The topological polar surface area (TPSA) is 59.1 Å². The molecule has 1 aromatic carbocycles. The molecule has 3 aliphatic heterocycles. The quantitative estimate of drug-likeness (QED) is 0.757. The van der Waals surface area contributed by atoms with E-state index in [1.165, 1.54) is 0 Å². The zero-order chi connectivity index (χ0) is 18.8. The molecule has 0 saturated carbocycles. The molecule has 6 nitrogen and oxygen atoms in total. The Kier molecular flexibility index (Phi) is 5.45. The third-order valence-corrected chi connectivity index (χ3v) is 6.27. The van der Waals surface area contributed by atoms with Gasteiger partial charge in [0.25, 0.3) is 0 Å². The molecule has 0 aromatic heterocycles. The van der Waals surface area contributed by atoms with Crippen LogP contribution < -0.4 is 0 Å². The van der Waals surface area contributed by atoms with Gasteiger partial charge in [-0.1, -0.05) is 37.3 Å². The fraction of sp³-hybridized carbons (Fsp3) is 0.619. The van der Waals surface area contributed by atoms with E-state index in [1.54, 1.807) is 4.90 Å². The maximum atomic E-state index is 13.0. The molecule has 0 radical (unpaired) electrons. The molecule has 0 N–H and O–H groups in total. The highest BCUT2D eigenvalue weighted by atomic mass is 16.5. The molecule has 3 fully saturated rings. The van der Waals surface area contributed by atoms with Gasteiger partial charge in [-0.25, -0.2) is 4.79 Å². The lowest BCUT2D eigenvalue weighted by molar-refractivity contribution is -0.161. The summed E-state index contributed by atoms with van der Waals surface area (Å²) in [6.45, 7) is 5.19. The number of carbonyl (C=O) groups is 2. The molecule has 3 aliphatic rings. The summed E-state index contributed by atoms with van der Waals surface area (Å²) >= 11 is 0. The van der Waals surface area contributed by atoms with Gasteiger partial charge in [-0.15, -0.1) is 0 Å². The minimum absolute atomic E-state index is 0.0640. The van der Waals surface area contributed by atoms with Crippen molar-refractivity contribution < 1.29 is 19.1 Å². The fourth-order valence-electron chi connectivity index (χ4n) is 4.45. The van der Waals surface area contributed by atoms with Crippen LogP contribution in [0.5, 0.6) is 0 Å². The summed E-state index contributed by atoms with van der Waals surface area (Å²) in [7, 11) is 0. The number of ether oxygens (including phenoxy) is 2. The first-order valence-corrected chi connectivity index (χ1v) is 9.95. The van der Waals surface area contributed by atoms with E-state index in [4.69, 9.17) is 9.47 Å². The van der Waals surface area contributed by atoms with Gasteiger partial charge in [-0.05, 0) is 30.2 Å². The first kappa shape index (κ1) is 18.4. The molecule has 6 heteroatoms. The Morgan fingerprint density at radius 1 is 1.26 bits per heavy atom. The SMILES string of the molecule is CC1C2CCCC(=O)N(CN(C3COC3)C2)[C@@H]1C(=O)OCc1ccccc1. The minimum Gasteiger partial charge on any atom is -0.459 e. The lowest BCUT2D eigenvalue weighted by Crippen LogP contribution is -2.56. The first-order valence-electron chi connectivity index (χ1n) is 9.95. The van der Waals surface area contributed by atoms with Gasteiger partial charge in [-0.3, -0.25) is 9.69 Å². The lowest BCUT2D eigenvalue weighted by atomic mass is 9.82. The molecule has 1 amide bonds. The number of esters is 1. The Morgan fingerprint density at radius 2 is 2.04 bits per heavy atom. The maximum Gasteiger partial charge on any atom is 0.329 e. The Morgan fingerprint density at radius 3 is 2.74 bits per heavy atom. The molecular formula is C21H28N2O4. The number of benzene rings is 1. The third-order valence-electron chi connectivity index (χ3n) is 6.27. The van der Waals surface area contributed by atoms with E-state index in [0.29, 0.717) is 38.3 Å². The van der Waals surface area contributed by atoms with Gasteiger partial charge in [-0.2, -0.15) is 0 Å². The summed E-state index contributed by atoms with van der Waals surface area (Å²) in [6, 6.07) is 9.53. The highest BCUT2D eigenvalue weighted by Crippen LogP contribution is 2.34. The van der Waals surface area contributed by atoms with E-state index in [0.717, 1.165) is 24.9 Å². The number of carbonyl (C=O) groups excluding carboxylic acids is 2. The zero-order valence-electron chi connectivity index (χ0n) is 15.9. The van der Waals surface area contributed by atoms with Crippen LogP contribution in [0.2, 0.25) is 0 Å². The monoisotopic (exact) mass is 372 g/mol. The minimum atomic E-state index is -0.502. The van der Waals surface area contributed by atoms with Crippen LogP contribution in [0, 0.1) is 11.8 Å². The number of hydrogen-bond donors (Lipinski definition) is 0. The van der Waals surface area contributed by atoms with E-state index >= 15 is 0 Å². The molecule has 146 valence electrons. The van der Waals surface area contributed by atoms with Crippen molar-refractivity contribution in [1.29, 1.82) is 0 Å². The van der Waals surface area contributed by atoms with E-state index in [9.17, 15) is 9.59 Å². The van der Waals surface area contributed by atoms with Gasteiger partial charge in [0.05, 0.1) is 25.9 Å². The number of amides is 1. The molecule has 0 spiro atoms. The number of rotatable bonds is 4. The summed E-state index contributed by atoms with van der Waals surface area (Å²) in [6.07, 6.45) is 2.39. The average molecular weight is 372 g/mol. The smallest absolute Gasteiger partial charge is 0.329 e. The van der Waals surface area contributed by atoms with Crippen molar-refractivity contribution in [3.8, 4) is 0 Å². The number of nitrogens with zero attached hydrogens (tertiary/aromatic N) is 2. The molecule has 1 aromatic rings. The van der Waals surface area contributed by atoms with Crippen LogP contribution in [0.1, 0.15) is 31.7 Å². The van der Waals surface area contributed by atoms with E-state index in [2.05, 4.69) is 11.8 Å². The van der Waals surface area contributed by atoms with Crippen LogP contribution >= 0.6 is 0 Å². The van der Waals surface area contributed by atoms with E-state index < -0.39 is 6.04 Å². The Hall–Kier alpha value is -1.92. The van der Waals surface area contributed by atoms with E-state index in [-0.39, 0.29) is 24.4 Å². The summed E-state index contributed by atoms with van der Waals surface area (Å²) in [5, 5.41) is 0. The second-order valence-electron chi connectivity index (χ2n) is 8.02. The van der Waals surface area contributed by atoms with Gasteiger partial charge in [0, 0.05) is 13.0 Å². The van der Waals surface area contributed by atoms with Gasteiger partial charge < -0.3 is 14.4 Å². The van der Waals surface area contributed by atoms with Crippen LogP contribution in [0.3, 0.4) is 0 Å². The highest BCUT2D eigenvalue weighted by Gasteiger charge is 2.45. The van der Waals surface area contributed by atoms with Crippen molar-refractivity contribution in [2.75, 3.05) is 26.4 Å². The molecule has 3 atom stereocenters. The number of fused-ring (bicyclic) bond motifs is 3. The highest BCUT2D eigenvalue weighted by molar-refractivity contribution is 5.85. The first-order chi connectivity index (χ1) is 13.1. The molecule has 2 unspecified atom stereocenters. The second kappa shape index (κ2) is 7.98. The zero-order valence-corrected chi connectivity index (χ0v) is 15.9. The Balaban J connectivity index is 1.53. The lowest BCUT2D eigenvalue weighted by Gasteiger charge is -2.39. The van der Waals surface area contributed by atoms with Crippen LogP contribution in [-0.4, -0.2) is 60.2 Å². The molecule has 2 bridgehead atoms. The van der Waals surface area contributed by atoms with Gasteiger partial charge in [0.1, 0.15) is 12.6 Å². The fourth-order valence-corrected chi connectivity index (χ4v) is 4.45. The molecule has 0 aliphatic carbocycles. The predicted octanol–water partition coefficient (Wildman–Crippen LogP) is 2.04. The van der Waals surface area contributed by atoms with E-state index in [1.807, 2.05) is 30.3 Å².